The number of hydrogen-bond acceptors (Lipinski definition) is 5. The predicted octanol–water partition coefficient (Wildman–Crippen LogP) is 4.81. The van der Waals surface area contributed by atoms with E-state index in [1.807, 2.05) is 39.0 Å². The van der Waals surface area contributed by atoms with Gasteiger partial charge in [0.05, 0.1) is 22.5 Å². The van der Waals surface area contributed by atoms with Gasteiger partial charge in [0.15, 0.2) is 0 Å². The Morgan fingerprint density at radius 2 is 1.95 bits per heavy atom. The van der Waals surface area contributed by atoms with Crippen LogP contribution in [0.5, 0.6) is 0 Å². The first-order valence-corrected chi connectivity index (χ1v) is 15.1. The molecule has 6 atom stereocenters. The molecule has 1 spiro atoms. The molecule has 41 heavy (non-hydrogen) atoms. The fraction of sp³-hybridized carbons (Fsp3) is 0.613. The van der Waals surface area contributed by atoms with Crippen molar-refractivity contribution >= 4 is 40.7 Å². The topological polar surface area (TPSA) is 102 Å². The molecular weight excluding hydrogens is 566 g/mol. The van der Waals surface area contributed by atoms with Gasteiger partial charge in [-0.3, -0.25) is 9.59 Å². The van der Waals surface area contributed by atoms with E-state index in [4.69, 9.17) is 23.2 Å². The third kappa shape index (κ3) is 6.83. The number of nitrogens with one attached hydrogen (secondary N) is 4. The number of alkyl halides is 1. The molecule has 1 unspecified atom stereocenters. The van der Waals surface area contributed by atoms with Crippen LogP contribution in [0.25, 0.3) is 0 Å². The van der Waals surface area contributed by atoms with E-state index in [-0.39, 0.29) is 39.7 Å². The first-order valence-electron chi connectivity index (χ1n) is 14.3. The van der Waals surface area contributed by atoms with Gasteiger partial charge in [-0.2, -0.15) is 0 Å². The number of benzene rings is 1. The van der Waals surface area contributed by atoms with E-state index in [9.17, 15) is 14.7 Å². The normalized spacial score (nSPS) is 28.4. The Bertz CT molecular complexity index is 1240. The summed E-state index contributed by atoms with van der Waals surface area (Å²) in [5.41, 5.74) is 0.0610. The molecule has 2 heterocycles. The van der Waals surface area contributed by atoms with E-state index in [0.717, 1.165) is 5.57 Å². The first kappa shape index (κ1) is 32.0. The first-order chi connectivity index (χ1) is 19.0. The fourth-order valence-corrected chi connectivity index (χ4v) is 6.72. The predicted molar refractivity (Wildman–Crippen MR) is 163 cm³/mol. The van der Waals surface area contributed by atoms with Crippen LogP contribution in [-0.2, 0) is 15.0 Å². The Morgan fingerprint density at radius 3 is 2.59 bits per heavy atom. The molecule has 0 saturated carbocycles. The molecule has 226 valence electrons. The van der Waals surface area contributed by atoms with Gasteiger partial charge in [0.1, 0.15) is 11.2 Å². The molecule has 1 fully saturated rings. The average molecular weight is 610 g/mol. The molecule has 5 N–H and O–H groups in total. The Labute approximate surface area is 252 Å². The van der Waals surface area contributed by atoms with Gasteiger partial charge >= 0.3 is 0 Å². The number of fused-ring (bicyclic) bond motifs is 2. The Morgan fingerprint density at radius 1 is 1.24 bits per heavy atom. The zero-order valence-corrected chi connectivity index (χ0v) is 26.2. The van der Waals surface area contributed by atoms with Gasteiger partial charge in [0, 0.05) is 36.3 Å². The van der Waals surface area contributed by atoms with Crippen LogP contribution in [0.1, 0.15) is 66.4 Å². The summed E-state index contributed by atoms with van der Waals surface area (Å²) in [4.78, 5) is 28.0. The van der Waals surface area contributed by atoms with Crippen molar-refractivity contribution in [3.05, 3.63) is 52.3 Å². The third-order valence-electron chi connectivity index (χ3n) is 8.03. The van der Waals surface area contributed by atoms with Gasteiger partial charge in [-0.15, -0.1) is 11.6 Å². The molecular formula is C31H43Cl2FN4O3. The van der Waals surface area contributed by atoms with Crippen molar-refractivity contribution in [1.29, 1.82) is 0 Å². The molecule has 10 heteroatoms. The molecule has 3 aliphatic rings. The largest absolute Gasteiger partial charge is 0.392 e. The fourth-order valence-electron chi connectivity index (χ4n) is 6.31. The summed E-state index contributed by atoms with van der Waals surface area (Å²) in [5, 5.41) is 22.8. The van der Waals surface area contributed by atoms with Crippen LogP contribution < -0.4 is 21.3 Å². The maximum atomic E-state index is 15.0. The maximum absolute atomic E-state index is 15.0. The molecule has 0 aromatic heterocycles. The highest BCUT2D eigenvalue weighted by Crippen LogP contribution is 2.56. The highest BCUT2D eigenvalue weighted by Gasteiger charge is 2.66. The van der Waals surface area contributed by atoms with E-state index >= 15 is 4.39 Å². The number of amides is 2. The second-order valence-corrected chi connectivity index (χ2v) is 14.7. The minimum absolute atomic E-state index is 0.0811. The van der Waals surface area contributed by atoms with Crippen molar-refractivity contribution in [2.45, 2.75) is 95.3 Å². The van der Waals surface area contributed by atoms with Gasteiger partial charge in [-0.05, 0) is 68.7 Å². The number of rotatable bonds is 8. The van der Waals surface area contributed by atoms with Crippen molar-refractivity contribution in [3.8, 4) is 0 Å². The Balaban J connectivity index is 1.73. The monoisotopic (exact) mass is 608 g/mol. The zero-order valence-electron chi connectivity index (χ0n) is 24.7. The Hall–Kier alpha value is -1.97. The van der Waals surface area contributed by atoms with Gasteiger partial charge in [-0.25, -0.2) is 4.39 Å². The van der Waals surface area contributed by atoms with Crippen LogP contribution >= 0.6 is 23.2 Å². The lowest BCUT2D eigenvalue weighted by molar-refractivity contribution is -0.124. The average Bonchev–Trinajstić information content (AvgIpc) is 3.32. The van der Waals surface area contributed by atoms with E-state index < -0.39 is 35.3 Å². The second kappa shape index (κ2) is 12.0. The Kier molecular flexibility index (Phi) is 9.32. The van der Waals surface area contributed by atoms with E-state index in [1.165, 1.54) is 12.1 Å². The molecule has 2 aliphatic heterocycles. The molecule has 1 aromatic carbocycles. The lowest BCUT2D eigenvalue weighted by Gasteiger charge is -2.38. The number of allylic oxidation sites excluding steroid dienone is 3. The van der Waals surface area contributed by atoms with Gasteiger partial charge in [-0.1, -0.05) is 50.6 Å². The van der Waals surface area contributed by atoms with Gasteiger partial charge in [0.25, 0.3) is 0 Å². The van der Waals surface area contributed by atoms with Crippen molar-refractivity contribution in [2.24, 2.45) is 11.3 Å². The second-order valence-electron chi connectivity index (χ2n) is 13.8. The quantitative estimate of drug-likeness (QED) is 0.273. The minimum Gasteiger partial charge on any atom is -0.392 e. The number of carbonyl (C=O) groups is 2. The minimum atomic E-state index is -1.28. The van der Waals surface area contributed by atoms with E-state index in [2.05, 4.69) is 42.0 Å². The number of anilines is 1. The molecule has 7 nitrogen and oxygen atoms in total. The summed E-state index contributed by atoms with van der Waals surface area (Å²) in [7, 11) is 0. The van der Waals surface area contributed by atoms with E-state index in [0.29, 0.717) is 37.1 Å². The van der Waals surface area contributed by atoms with Crippen LogP contribution in [0.3, 0.4) is 0 Å². The number of hydrogen-bond donors (Lipinski definition) is 5. The summed E-state index contributed by atoms with van der Waals surface area (Å²) in [6, 6.07) is 1.49. The lowest BCUT2D eigenvalue weighted by atomic mass is 9.62. The standard InChI is InChI=1S/C31H43Cl2FN4O3/c1-29(2,3)15-24-31(20-13-22(34)21(33)14-23(20)37-28(31)41)25(17-8-7-9-18(32)12-17)26(38-24)27(40)35-11-10-19(39)16-36-30(4,5)6/h7-8,12-14,18-19,24-26,36,38-39H,9-11,15-16H2,1-6H3,(H,35,40)(H,37,41)/t18?,19-,24+,25-,26+,31-/m0/s1. The summed E-state index contributed by atoms with van der Waals surface area (Å²) in [5.74, 6) is -1.88. The van der Waals surface area contributed by atoms with Crippen LogP contribution in [0.4, 0.5) is 10.1 Å². The molecule has 0 radical (unpaired) electrons. The molecule has 1 saturated heterocycles. The summed E-state index contributed by atoms with van der Waals surface area (Å²) >= 11 is 12.7. The van der Waals surface area contributed by atoms with Crippen molar-refractivity contribution in [1.82, 2.24) is 16.0 Å². The number of aliphatic hydroxyl groups excluding tert-OH is 1. The highest BCUT2D eigenvalue weighted by molar-refractivity contribution is 6.31. The number of β-amino-alcohol motifs (C(OH)–C–C–N with tert-alkyl or cyclic N) is 1. The number of halogens is 3. The number of aliphatic hydroxyl groups is 1. The van der Waals surface area contributed by atoms with Crippen LogP contribution in [0.15, 0.2) is 35.9 Å². The summed E-state index contributed by atoms with van der Waals surface area (Å²) in [6.07, 6.45) is 6.67. The van der Waals surface area contributed by atoms with Crippen molar-refractivity contribution in [2.75, 3.05) is 18.4 Å². The molecule has 1 aliphatic carbocycles. The lowest BCUT2D eigenvalue weighted by Crippen LogP contribution is -2.51. The SMILES string of the molecule is CC(C)(C)C[C@H]1N[C@@H](C(=O)NCC[C@H](O)CNC(C)(C)C)[C@H](C2=CC(Cl)CC=C2)[C@@]12C(=O)Nc1cc(Cl)c(F)cc12. The van der Waals surface area contributed by atoms with E-state index in [1.54, 1.807) is 0 Å². The van der Waals surface area contributed by atoms with Crippen LogP contribution in [0, 0.1) is 17.2 Å². The molecule has 2 amide bonds. The van der Waals surface area contributed by atoms with Crippen molar-refractivity contribution in [3.63, 3.8) is 0 Å². The summed E-state index contributed by atoms with van der Waals surface area (Å²) in [6.45, 7) is 12.9. The number of carbonyl (C=O) groups excluding carboxylic acids is 2. The highest BCUT2D eigenvalue weighted by atomic mass is 35.5. The molecule has 4 rings (SSSR count). The smallest absolute Gasteiger partial charge is 0.237 e. The van der Waals surface area contributed by atoms with Crippen LogP contribution in [0.2, 0.25) is 5.02 Å². The molecule has 0 bridgehead atoms. The van der Waals surface area contributed by atoms with Crippen molar-refractivity contribution < 1.29 is 19.1 Å². The maximum Gasteiger partial charge on any atom is 0.237 e. The van der Waals surface area contributed by atoms with Crippen LogP contribution in [-0.4, -0.2) is 59.1 Å². The summed E-state index contributed by atoms with van der Waals surface area (Å²) < 4.78 is 15.0. The molecule has 1 aromatic rings. The van der Waals surface area contributed by atoms with Gasteiger partial charge in [0.2, 0.25) is 11.8 Å². The zero-order chi connectivity index (χ0) is 30.3. The third-order valence-corrected chi connectivity index (χ3v) is 8.63. The van der Waals surface area contributed by atoms with Gasteiger partial charge < -0.3 is 26.4 Å².